The maximum atomic E-state index is 13.0. The average molecular weight is 393 g/mol. The first-order chi connectivity index (χ1) is 14.1. The van der Waals surface area contributed by atoms with Gasteiger partial charge < -0.3 is 14.6 Å². The molecule has 150 valence electrons. The summed E-state index contributed by atoms with van der Waals surface area (Å²) in [5, 5.41) is 15.6. The van der Waals surface area contributed by atoms with E-state index in [2.05, 4.69) is 5.10 Å². The first-order valence-electron chi connectivity index (χ1n) is 9.58. The fourth-order valence-corrected chi connectivity index (χ4v) is 3.38. The highest BCUT2D eigenvalue weighted by Crippen LogP contribution is 2.18. The Kier molecular flexibility index (Phi) is 5.22. The summed E-state index contributed by atoms with van der Waals surface area (Å²) in [6, 6.07) is 16.4. The average Bonchev–Trinajstić information content (AvgIpc) is 3.12. The van der Waals surface area contributed by atoms with Crippen molar-refractivity contribution in [3.63, 3.8) is 0 Å². The quantitative estimate of drug-likeness (QED) is 0.522. The number of aliphatic hydroxyl groups excluding tert-OH is 1. The van der Waals surface area contributed by atoms with Crippen molar-refractivity contribution in [3.8, 4) is 11.5 Å². The van der Waals surface area contributed by atoms with Gasteiger partial charge in [0.05, 0.1) is 29.7 Å². The van der Waals surface area contributed by atoms with Crippen LogP contribution in [0.2, 0.25) is 0 Å². The molecule has 0 spiro atoms. The molecular weight excluding hydrogens is 370 g/mol. The standard InChI is InChI=1S/C22H23N3O4/c1-3-28-17-8-10-18(11-9-17)29-14-16(26)13-24-21-12-15(2)23-25(21)20-7-5-4-6-19(20)22(24)27/h4-12,16,26H,3,13-14H2,1-2H3. The molecule has 1 unspecified atom stereocenters. The number of aliphatic hydroxyl groups is 1. The summed E-state index contributed by atoms with van der Waals surface area (Å²) < 4.78 is 14.4. The van der Waals surface area contributed by atoms with Gasteiger partial charge in [-0.2, -0.15) is 5.10 Å². The molecule has 4 rings (SSSR count). The minimum absolute atomic E-state index is 0.0620. The predicted octanol–water partition coefficient (Wildman–Crippen LogP) is 2.80. The number of hydrogen-bond donors (Lipinski definition) is 1. The summed E-state index contributed by atoms with van der Waals surface area (Å²) >= 11 is 0. The largest absolute Gasteiger partial charge is 0.494 e. The van der Waals surface area contributed by atoms with Gasteiger partial charge in [-0.15, -0.1) is 0 Å². The molecule has 0 aliphatic heterocycles. The van der Waals surface area contributed by atoms with Gasteiger partial charge >= 0.3 is 0 Å². The number of hydrogen-bond acceptors (Lipinski definition) is 5. The van der Waals surface area contributed by atoms with Crippen LogP contribution in [0.3, 0.4) is 0 Å². The molecule has 1 N–H and O–H groups in total. The lowest BCUT2D eigenvalue weighted by Gasteiger charge is -2.16. The summed E-state index contributed by atoms with van der Waals surface area (Å²) in [6.07, 6.45) is -0.862. The van der Waals surface area contributed by atoms with E-state index in [0.29, 0.717) is 23.4 Å². The highest BCUT2D eigenvalue weighted by Gasteiger charge is 2.16. The van der Waals surface area contributed by atoms with Crippen LogP contribution in [-0.2, 0) is 6.54 Å². The Morgan fingerprint density at radius 2 is 1.76 bits per heavy atom. The van der Waals surface area contributed by atoms with Crippen LogP contribution in [-0.4, -0.2) is 38.6 Å². The monoisotopic (exact) mass is 393 g/mol. The van der Waals surface area contributed by atoms with Gasteiger partial charge in [0.25, 0.3) is 5.56 Å². The molecule has 0 saturated heterocycles. The van der Waals surface area contributed by atoms with Crippen LogP contribution in [0, 0.1) is 6.92 Å². The van der Waals surface area contributed by atoms with E-state index in [-0.39, 0.29) is 18.7 Å². The Balaban J connectivity index is 1.56. The van der Waals surface area contributed by atoms with Crippen molar-refractivity contribution in [1.82, 2.24) is 14.2 Å². The normalized spacial score (nSPS) is 12.4. The molecule has 0 fully saturated rings. The van der Waals surface area contributed by atoms with Crippen molar-refractivity contribution in [2.45, 2.75) is 26.5 Å². The van der Waals surface area contributed by atoms with Crippen LogP contribution in [0.15, 0.2) is 59.4 Å². The van der Waals surface area contributed by atoms with Crippen molar-refractivity contribution < 1.29 is 14.6 Å². The second kappa shape index (κ2) is 7.97. The molecule has 0 saturated carbocycles. The Morgan fingerprint density at radius 3 is 2.48 bits per heavy atom. The summed E-state index contributed by atoms with van der Waals surface area (Å²) in [5.41, 5.74) is 2.03. The van der Waals surface area contributed by atoms with Crippen molar-refractivity contribution in [1.29, 1.82) is 0 Å². The number of aromatic nitrogens is 3. The van der Waals surface area contributed by atoms with Gasteiger partial charge in [0.15, 0.2) is 0 Å². The van der Waals surface area contributed by atoms with Gasteiger partial charge in [0.1, 0.15) is 29.9 Å². The molecular formula is C22H23N3O4. The summed E-state index contributed by atoms with van der Waals surface area (Å²) in [7, 11) is 0. The van der Waals surface area contributed by atoms with E-state index in [1.807, 2.05) is 50.2 Å². The Labute approximate surface area is 167 Å². The highest BCUT2D eigenvalue weighted by atomic mass is 16.5. The van der Waals surface area contributed by atoms with Crippen LogP contribution in [0.4, 0.5) is 0 Å². The number of nitrogens with zero attached hydrogens (tertiary/aromatic N) is 3. The highest BCUT2D eigenvalue weighted by molar-refractivity contribution is 5.80. The third-order valence-corrected chi connectivity index (χ3v) is 4.67. The SMILES string of the molecule is CCOc1ccc(OCC(O)Cn2c(=O)c3ccccc3n3nc(C)cc23)cc1. The van der Waals surface area contributed by atoms with Gasteiger partial charge in [-0.05, 0) is 50.2 Å². The number of aryl methyl sites for hydroxylation is 1. The second-order valence-electron chi connectivity index (χ2n) is 6.86. The van der Waals surface area contributed by atoms with Crippen LogP contribution in [0.25, 0.3) is 16.6 Å². The van der Waals surface area contributed by atoms with Crippen LogP contribution >= 0.6 is 0 Å². The van der Waals surface area contributed by atoms with E-state index in [1.165, 1.54) is 0 Å². The number of fused-ring (bicyclic) bond motifs is 3. The number of ether oxygens (including phenoxy) is 2. The zero-order valence-electron chi connectivity index (χ0n) is 16.4. The third-order valence-electron chi connectivity index (χ3n) is 4.67. The fraction of sp³-hybridized carbons (Fsp3) is 0.273. The lowest BCUT2D eigenvalue weighted by Crippen LogP contribution is -2.31. The maximum absolute atomic E-state index is 13.0. The number of para-hydroxylation sites is 1. The van der Waals surface area contributed by atoms with Crippen LogP contribution < -0.4 is 15.0 Å². The van der Waals surface area contributed by atoms with E-state index in [9.17, 15) is 9.90 Å². The van der Waals surface area contributed by atoms with Gasteiger partial charge in [0, 0.05) is 6.07 Å². The molecule has 0 bridgehead atoms. The van der Waals surface area contributed by atoms with E-state index in [0.717, 1.165) is 17.0 Å². The Morgan fingerprint density at radius 1 is 1.07 bits per heavy atom. The minimum Gasteiger partial charge on any atom is -0.494 e. The van der Waals surface area contributed by atoms with E-state index in [1.54, 1.807) is 27.3 Å². The topological polar surface area (TPSA) is 78.0 Å². The third kappa shape index (κ3) is 3.82. The lowest BCUT2D eigenvalue weighted by molar-refractivity contribution is 0.0925. The first kappa shape index (κ1) is 19.0. The van der Waals surface area contributed by atoms with Crippen LogP contribution in [0.1, 0.15) is 12.6 Å². The number of benzene rings is 2. The zero-order valence-corrected chi connectivity index (χ0v) is 16.4. The molecule has 2 aromatic carbocycles. The van der Waals surface area contributed by atoms with Gasteiger partial charge in [-0.3, -0.25) is 9.36 Å². The Hall–Kier alpha value is -3.32. The summed E-state index contributed by atoms with van der Waals surface area (Å²) in [4.78, 5) is 13.0. The molecule has 29 heavy (non-hydrogen) atoms. The smallest absolute Gasteiger partial charge is 0.261 e. The lowest BCUT2D eigenvalue weighted by atomic mass is 10.2. The molecule has 7 nitrogen and oxygen atoms in total. The molecule has 4 aromatic rings. The van der Waals surface area contributed by atoms with Crippen molar-refractivity contribution in [2.24, 2.45) is 0 Å². The molecule has 1 atom stereocenters. The zero-order chi connectivity index (χ0) is 20.4. The molecule has 0 amide bonds. The second-order valence-corrected chi connectivity index (χ2v) is 6.86. The minimum atomic E-state index is -0.862. The van der Waals surface area contributed by atoms with E-state index < -0.39 is 6.10 Å². The molecule has 2 heterocycles. The Bertz CT molecular complexity index is 1190. The van der Waals surface area contributed by atoms with Crippen molar-refractivity contribution in [2.75, 3.05) is 13.2 Å². The molecule has 0 aliphatic carbocycles. The molecule has 7 heteroatoms. The fourth-order valence-electron chi connectivity index (χ4n) is 3.38. The van der Waals surface area contributed by atoms with Gasteiger partial charge in [-0.1, -0.05) is 12.1 Å². The first-order valence-corrected chi connectivity index (χ1v) is 9.58. The summed E-state index contributed by atoms with van der Waals surface area (Å²) in [6.45, 7) is 4.57. The van der Waals surface area contributed by atoms with Crippen molar-refractivity contribution in [3.05, 3.63) is 70.6 Å². The van der Waals surface area contributed by atoms with E-state index in [4.69, 9.17) is 9.47 Å². The van der Waals surface area contributed by atoms with Gasteiger partial charge in [-0.25, -0.2) is 4.52 Å². The number of rotatable bonds is 7. The summed E-state index contributed by atoms with van der Waals surface area (Å²) in [5.74, 6) is 1.39. The van der Waals surface area contributed by atoms with Gasteiger partial charge in [0.2, 0.25) is 0 Å². The van der Waals surface area contributed by atoms with Crippen LogP contribution in [0.5, 0.6) is 11.5 Å². The molecule has 2 aromatic heterocycles. The van der Waals surface area contributed by atoms with E-state index >= 15 is 0 Å². The molecule has 0 radical (unpaired) electrons. The molecule has 0 aliphatic rings. The van der Waals surface area contributed by atoms with Crippen molar-refractivity contribution >= 4 is 16.6 Å². The predicted molar refractivity (Wildman–Crippen MR) is 111 cm³/mol. The maximum Gasteiger partial charge on any atom is 0.261 e.